The summed E-state index contributed by atoms with van der Waals surface area (Å²) in [7, 11) is 0. The Balaban J connectivity index is 2.00. The Hall–Kier alpha value is -1.26. The molecule has 0 amide bonds. The fraction of sp³-hybridized carbons (Fsp3) is 0.745. The molecule has 0 radical (unpaired) electrons. The Morgan fingerprint density at radius 2 is 0.725 bits per heavy atom. The predicted molar refractivity (Wildman–Crippen MR) is 232 cm³/mol. The molecule has 0 aliphatic heterocycles. The molecular weight excluding hydrogens is 661 g/mol. The molecule has 0 spiro atoms. The highest BCUT2D eigenvalue weighted by Gasteiger charge is 2.25. The lowest BCUT2D eigenvalue weighted by atomic mass is 9.81. The average Bonchev–Trinajstić information content (AvgIpc) is 3.07. The Labute approximate surface area is 325 Å². The second-order valence-electron chi connectivity index (χ2n) is 17.4. The van der Waals surface area contributed by atoms with Crippen molar-refractivity contribution in [2.45, 2.75) is 213 Å². The van der Waals surface area contributed by atoms with E-state index in [1.807, 2.05) is 23.5 Å². The van der Waals surface area contributed by atoms with Crippen molar-refractivity contribution in [1.29, 1.82) is 0 Å². The number of hydrogen-bond acceptors (Lipinski definition) is 4. The van der Waals surface area contributed by atoms with Gasteiger partial charge in [0.25, 0.3) is 0 Å². The van der Waals surface area contributed by atoms with Gasteiger partial charge in [0.15, 0.2) is 0 Å². The first-order valence-corrected chi connectivity index (χ1v) is 23.5. The number of unbranched alkanes of at least 4 members (excludes halogenated alkanes) is 18. The van der Waals surface area contributed by atoms with Crippen molar-refractivity contribution in [3.05, 3.63) is 57.6 Å². The van der Waals surface area contributed by atoms with Crippen molar-refractivity contribution < 1.29 is 10.2 Å². The monoisotopic (exact) mass is 741 g/mol. The van der Waals surface area contributed by atoms with Crippen LogP contribution in [-0.4, -0.2) is 21.7 Å². The summed E-state index contributed by atoms with van der Waals surface area (Å²) in [6.45, 7) is 17.7. The van der Waals surface area contributed by atoms with Crippen molar-refractivity contribution in [1.82, 2.24) is 0 Å². The maximum absolute atomic E-state index is 11.6. The maximum atomic E-state index is 11.6. The molecule has 51 heavy (non-hydrogen) atoms. The second kappa shape index (κ2) is 25.7. The summed E-state index contributed by atoms with van der Waals surface area (Å²) in [6.07, 6.45) is 28.0. The van der Waals surface area contributed by atoms with Crippen LogP contribution in [0.3, 0.4) is 0 Å². The fourth-order valence-corrected chi connectivity index (χ4v) is 8.98. The molecule has 0 fully saturated rings. The van der Waals surface area contributed by atoms with Gasteiger partial charge >= 0.3 is 0 Å². The quantitative estimate of drug-likeness (QED) is 0.0852. The SMILES string of the molecule is CCCCCCCCCCCCSCc1cc(Cc2cc(CSCCCCCCCCCCCC)cc(C(C)(C)C)c2O)c(O)c(C(C)(C)C)c1. The number of thioether (sulfide) groups is 2. The molecule has 2 N–H and O–H groups in total. The van der Waals surface area contributed by atoms with Gasteiger partial charge in [0, 0.05) is 17.9 Å². The van der Waals surface area contributed by atoms with Crippen molar-refractivity contribution in [2.75, 3.05) is 11.5 Å². The van der Waals surface area contributed by atoms with Crippen molar-refractivity contribution in [3.63, 3.8) is 0 Å². The van der Waals surface area contributed by atoms with Crippen LogP contribution in [0.4, 0.5) is 0 Å². The standard InChI is InChI=1S/C47H80O2S2/c1-9-11-13-15-17-19-21-23-25-27-29-50-36-38-31-40(44(48)42(33-38)46(3,4)5)35-41-32-39(34-43(45(41)49)47(6,7)8)37-51-30-28-26-24-22-20-18-16-14-12-10-2/h31-34,48-49H,9-30,35-37H2,1-8H3. The zero-order chi connectivity index (χ0) is 37.5. The van der Waals surface area contributed by atoms with E-state index in [2.05, 4.69) is 79.7 Å². The summed E-state index contributed by atoms with van der Waals surface area (Å²) in [5.74, 6) is 5.08. The molecule has 0 heterocycles. The third-order valence-corrected chi connectivity index (χ3v) is 12.5. The number of phenols is 2. The minimum Gasteiger partial charge on any atom is -0.507 e. The summed E-state index contributed by atoms with van der Waals surface area (Å²) < 4.78 is 0. The lowest BCUT2D eigenvalue weighted by Gasteiger charge is -2.25. The largest absolute Gasteiger partial charge is 0.507 e. The van der Waals surface area contributed by atoms with Crippen molar-refractivity contribution in [2.24, 2.45) is 0 Å². The molecule has 292 valence electrons. The van der Waals surface area contributed by atoms with Gasteiger partial charge in [0.05, 0.1) is 0 Å². The number of rotatable bonds is 28. The van der Waals surface area contributed by atoms with Crippen LogP contribution in [0.25, 0.3) is 0 Å². The van der Waals surface area contributed by atoms with Crippen LogP contribution in [-0.2, 0) is 28.8 Å². The van der Waals surface area contributed by atoms with Gasteiger partial charge in [-0.1, -0.05) is 195 Å². The first-order chi connectivity index (χ1) is 24.4. The minimum absolute atomic E-state index is 0.165. The zero-order valence-electron chi connectivity index (χ0n) is 34.7. The summed E-state index contributed by atoms with van der Waals surface area (Å²) in [6, 6.07) is 8.87. The van der Waals surface area contributed by atoms with Crippen LogP contribution in [0.5, 0.6) is 11.5 Å². The highest BCUT2D eigenvalue weighted by Crippen LogP contribution is 2.40. The number of benzene rings is 2. The Bertz CT molecular complexity index is 1110. The molecule has 2 aromatic rings. The van der Waals surface area contributed by atoms with Gasteiger partial charge in [-0.3, -0.25) is 0 Å². The highest BCUT2D eigenvalue weighted by molar-refractivity contribution is 7.98. The molecule has 0 saturated heterocycles. The summed E-state index contributed by atoms with van der Waals surface area (Å²) >= 11 is 4.05. The molecule has 2 nitrogen and oxygen atoms in total. The number of hydrogen-bond donors (Lipinski definition) is 2. The van der Waals surface area contributed by atoms with Gasteiger partial charge in [0.2, 0.25) is 0 Å². The predicted octanol–water partition coefficient (Wildman–Crippen LogP) is 15.6. The maximum Gasteiger partial charge on any atom is 0.122 e. The van der Waals surface area contributed by atoms with E-state index in [0.29, 0.717) is 17.9 Å². The molecule has 4 heteroatoms. The minimum atomic E-state index is -0.165. The Morgan fingerprint density at radius 1 is 0.431 bits per heavy atom. The van der Waals surface area contributed by atoms with Crippen LogP contribution in [0.1, 0.15) is 217 Å². The van der Waals surface area contributed by atoms with E-state index in [1.165, 1.54) is 151 Å². The van der Waals surface area contributed by atoms with Gasteiger partial charge in [-0.2, -0.15) is 23.5 Å². The summed E-state index contributed by atoms with van der Waals surface area (Å²) in [5.41, 5.74) is 6.11. The average molecular weight is 741 g/mol. The van der Waals surface area contributed by atoms with E-state index >= 15 is 0 Å². The van der Waals surface area contributed by atoms with Gasteiger partial charge in [-0.15, -0.1) is 0 Å². The van der Waals surface area contributed by atoms with Gasteiger partial charge in [-0.05, 0) is 68.6 Å². The Morgan fingerprint density at radius 3 is 1.02 bits per heavy atom. The normalized spacial score (nSPS) is 12.2. The van der Waals surface area contributed by atoms with E-state index in [9.17, 15) is 10.2 Å². The summed E-state index contributed by atoms with van der Waals surface area (Å²) in [4.78, 5) is 0. The molecule has 0 aliphatic rings. The van der Waals surface area contributed by atoms with E-state index in [1.54, 1.807) is 0 Å². The number of aromatic hydroxyl groups is 2. The molecule has 2 rings (SSSR count). The first kappa shape index (κ1) is 45.9. The van der Waals surface area contributed by atoms with E-state index in [0.717, 1.165) is 33.8 Å². The topological polar surface area (TPSA) is 40.5 Å². The van der Waals surface area contributed by atoms with Crippen LogP contribution < -0.4 is 0 Å². The van der Waals surface area contributed by atoms with Gasteiger partial charge < -0.3 is 10.2 Å². The Kier molecular flexibility index (Phi) is 23.1. The van der Waals surface area contributed by atoms with Crippen LogP contribution in [0, 0.1) is 0 Å². The first-order valence-electron chi connectivity index (χ1n) is 21.2. The van der Waals surface area contributed by atoms with E-state index in [4.69, 9.17) is 0 Å². The summed E-state index contributed by atoms with van der Waals surface area (Å²) in [5, 5.41) is 23.2. The highest BCUT2D eigenvalue weighted by atomic mass is 32.2. The lowest BCUT2D eigenvalue weighted by Crippen LogP contribution is -2.14. The molecule has 2 aromatic carbocycles. The molecule has 0 aromatic heterocycles. The lowest BCUT2D eigenvalue weighted by molar-refractivity contribution is 0.435. The zero-order valence-corrected chi connectivity index (χ0v) is 36.3. The smallest absolute Gasteiger partial charge is 0.122 e. The number of phenolic OH excluding ortho intramolecular Hbond substituents is 2. The van der Waals surface area contributed by atoms with Crippen LogP contribution in [0.2, 0.25) is 0 Å². The molecule has 0 bridgehead atoms. The molecule has 0 saturated carbocycles. The molecule has 0 aliphatic carbocycles. The molecule has 0 unspecified atom stereocenters. The van der Waals surface area contributed by atoms with Crippen molar-refractivity contribution >= 4 is 23.5 Å². The fourth-order valence-electron chi connectivity index (χ4n) is 7.07. The van der Waals surface area contributed by atoms with Crippen LogP contribution >= 0.6 is 23.5 Å². The third kappa shape index (κ3) is 19.1. The van der Waals surface area contributed by atoms with E-state index in [-0.39, 0.29) is 10.8 Å². The van der Waals surface area contributed by atoms with E-state index < -0.39 is 0 Å². The molecular formula is C47H80O2S2. The third-order valence-electron chi connectivity index (χ3n) is 10.3. The van der Waals surface area contributed by atoms with Crippen LogP contribution in [0.15, 0.2) is 24.3 Å². The van der Waals surface area contributed by atoms with Gasteiger partial charge in [0.1, 0.15) is 11.5 Å². The van der Waals surface area contributed by atoms with Gasteiger partial charge in [-0.25, -0.2) is 0 Å². The second-order valence-corrected chi connectivity index (χ2v) is 19.7. The molecule has 0 atom stereocenters. The van der Waals surface area contributed by atoms with Crippen molar-refractivity contribution in [3.8, 4) is 11.5 Å².